The van der Waals surface area contributed by atoms with Crippen molar-refractivity contribution >= 4 is 72.5 Å². The van der Waals surface area contributed by atoms with Crippen LogP contribution in [0.1, 0.15) is 0 Å². The number of benzene rings is 12. The SMILES string of the molecule is CNc1ccc(-c2ccc(N(c3ccc(-c4ccc(N(c5ccc(-c6ccccc6)cc5)c5ccc(-c6cccc7c6oc6ccccc67)cc5)cc4)cc3)c3ccc(-c4cccc5ccccc45)cc3)cc2)cc1. The molecule has 0 amide bonds. The normalized spacial score (nSPS) is 11.3. The molecule has 12 aromatic carbocycles. The summed E-state index contributed by atoms with van der Waals surface area (Å²) in [6.07, 6.45) is 0. The molecule has 0 aliphatic heterocycles. The van der Waals surface area contributed by atoms with Gasteiger partial charge < -0.3 is 19.5 Å². The molecule has 13 aromatic rings. The maximum Gasteiger partial charge on any atom is 0.143 e. The predicted molar refractivity (Wildman–Crippen MR) is 317 cm³/mol. The third-order valence-electron chi connectivity index (χ3n) is 14.5. The van der Waals surface area contributed by atoms with E-state index in [1.165, 1.54) is 44.2 Å². The first-order valence-electron chi connectivity index (χ1n) is 25.6. The molecule has 0 saturated carbocycles. The average molecular weight is 962 g/mol. The quantitative estimate of drug-likeness (QED) is 0.132. The maximum atomic E-state index is 6.45. The van der Waals surface area contributed by atoms with Crippen LogP contribution in [0.25, 0.3) is 88.3 Å². The van der Waals surface area contributed by atoms with Crippen molar-refractivity contribution in [3.8, 4) is 55.6 Å². The van der Waals surface area contributed by atoms with Crippen molar-refractivity contribution in [3.05, 3.63) is 285 Å². The number of nitrogens with one attached hydrogen (secondary N) is 1. The van der Waals surface area contributed by atoms with Crippen LogP contribution in [-0.2, 0) is 0 Å². The highest BCUT2D eigenvalue weighted by Crippen LogP contribution is 2.42. The van der Waals surface area contributed by atoms with E-state index < -0.39 is 0 Å². The molecular formula is C71H51N3O. The lowest BCUT2D eigenvalue weighted by Gasteiger charge is -2.27. The smallest absolute Gasteiger partial charge is 0.143 e. The molecule has 0 aliphatic rings. The predicted octanol–water partition coefficient (Wildman–Crippen LogP) is 20.1. The summed E-state index contributed by atoms with van der Waals surface area (Å²) in [6, 6.07) is 102. The molecule has 1 N–H and O–H groups in total. The highest BCUT2D eigenvalue weighted by molar-refractivity contribution is 6.09. The van der Waals surface area contributed by atoms with Gasteiger partial charge in [-0.05, 0) is 152 Å². The highest BCUT2D eigenvalue weighted by atomic mass is 16.3. The molecule has 4 heteroatoms. The van der Waals surface area contributed by atoms with Crippen LogP contribution in [0.15, 0.2) is 290 Å². The second-order valence-corrected chi connectivity index (χ2v) is 19.0. The lowest BCUT2D eigenvalue weighted by molar-refractivity contribution is 0.670. The van der Waals surface area contributed by atoms with Gasteiger partial charge in [-0.3, -0.25) is 0 Å². The number of rotatable bonds is 12. The van der Waals surface area contributed by atoms with Crippen molar-refractivity contribution in [1.29, 1.82) is 0 Å². The van der Waals surface area contributed by atoms with Gasteiger partial charge in [-0.2, -0.15) is 0 Å². The third-order valence-corrected chi connectivity index (χ3v) is 14.5. The Labute approximate surface area is 437 Å². The summed E-state index contributed by atoms with van der Waals surface area (Å²) in [5.41, 5.74) is 20.9. The molecule has 0 atom stereocenters. The monoisotopic (exact) mass is 961 g/mol. The fourth-order valence-corrected chi connectivity index (χ4v) is 10.6. The summed E-state index contributed by atoms with van der Waals surface area (Å²) in [7, 11) is 1.95. The lowest BCUT2D eigenvalue weighted by Crippen LogP contribution is -2.10. The Morgan fingerprint density at radius 1 is 0.267 bits per heavy atom. The molecule has 1 aromatic heterocycles. The Morgan fingerprint density at radius 3 is 1.11 bits per heavy atom. The van der Waals surface area contributed by atoms with Gasteiger partial charge in [0.15, 0.2) is 0 Å². The molecule has 0 unspecified atom stereocenters. The van der Waals surface area contributed by atoms with Crippen LogP contribution in [0.5, 0.6) is 0 Å². The molecule has 0 spiro atoms. The number of anilines is 7. The molecular weight excluding hydrogens is 911 g/mol. The van der Waals surface area contributed by atoms with E-state index in [1.54, 1.807) is 0 Å². The van der Waals surface area contributed by atoms with Crippen molar-refractivity contribution in [2.75, 3.05) is 22.2 Å². The minimum absolute atomic E-state index is 0.899. The Kier molecular flexibility index (Phi) is 11.8. The zero-order valence-corrected chi connectivity index (χ0v) is 41.4. The van der Waals surface area contributed by atoms with Gasteiger partial charge in [0.25, 0.3) is 0 Å². The van der Waals surface area contributed by atoms with E-state index >= 15 is 0 Å². The molecule has 0 saturated heterocycles. The summed E-state index contributed by atoms with van der Waals surface area (Å²) in [5, 5.41) is 7.97. The van der Waals surface area contributed by atoms with Gasteiger partial charge in [0, 0.05) is 63.2 Å². The molecule has 0 radical (unpaired) electrons. The zero-order valence-electron chi connectivity index (χ0n) is 41.4. The summed E-state index contributed by atoms with van der Waals surface area (Å²) in [4.78, 5) is 4.68. The highest BCUT2D eigenvalue weighted by Gasteiger charge is 2.18. The molecule has 1 heterocycles. The van der Waals surface area contributed by atoms with Crippen LogP contribution in [0, 0.1) is 0 Å². The Balaban J connectivity index is 0.825. The second kappa shape index (κ2) is 19.6. The molecule has 0 fully saturated rings. The van der Waals surface area contributed by atoms with E-state index in [2.05, 4.69) is 288 Å². The first-order valence-corrected chi connectivity index (χ1v) is 25.6. The van der Waals surface area contributed by atoms with Crippen molar-refractivity contribution in [3.63, 3.8) is 0 Å². The van der Waals surface area contributed by atoms with Gasteiger partial charge >= 0.3 is 0 Å². The summed E-state index contributed by atoms with van der Waals surface area (Å²) in [6.45, 7) is 0. The van der Waals surface area contributed by atoms with Gasteiger partial charge in [-0.15, -0.1) is 0 Å². The molecule has 13 rings (SSSR count). The van der Waals surface area contributed by atoms with E-state index in [-0.39, 0.29) is 0 Å². The topological polar surface area (TPSA) is 31.6 Å². The van der Waals surface area contributed by atoms with Gasteiger partial charge in [0.05, 0.1) is 0 Å². The Bertz CT molecular complexity index is 4090. The third kappa shape index (κ3) is 8.75. The number of hydrogen-bond donors (Lipinski definition) is 1. The number of nitrogens with zero attached hydrogens (tertiary/aromatic N) is 2. The Hall–Kier alpha value is -9.90. The summed E-state index contributed by atoms with van der Waals surface area (Å²) in [5.74, 6) is 0. The first kappa shape index (κ1) is 45.0. The number of furan rings is 1. The summed E-state index contributed by atoms with van der Waals surface area (Å²) < 4.78 is 6.45. The molecule has 4 nitrogen and oxygen atoms in total. The molecule has 0 aliphatic carbocycles. The maximum absolute atomic E-state index is 6.45. The van der Waals surface area contributed by atoms with Crippen LogP contribution in [0.3, 0.4) is 0 Å². The molecule has 75 heavy (non-hydrogen) atoms. The minimum atomic E-state index is 0.899. The largest absolute Gasteiger partial charge is 0.455 e. The molecule has 356 valence electrons. The fraction of sp³-hybridized carbons (Fsp3) is 0.0141. The second-order valence-electron chi connectivity index (χ2n) is 19.0. The van der Waals surface area contributed by atoms with Gasteiger partial charge in [-0.1, -0.05) is 194 Å². The zero-order chi connectivity index (χ0) is 50.1. The van der Waals surface area contributed by atoms with E-state index in [0.717, 1.165) is 84.0 Å². The van der Waals surface area contributed by atoms with Gasteiger partial charge in [-0.25, -0.2) is 0 Å². The fourth-order valence-electron chi connectivity index (χ4n) is 10.6. The van der Waals surface area contributed by atoms with Crippen molar-refractivity contribution in [1.82, 2.24) is 0 Å². The van der Waals surface area contributed by atoms with E-state index in [1.807, 2.05) is 19.2 Å². The standard InChI is InChI=1S/C71H51N3O/c1-72-58-35-21-50(22-36-58)52-25-39-60(40-26-52)73(63-45-31-56(32-46-63)66-17-9-14-55-13-5-6-15-65(55)66)61-41-27-53(28-42-61)54-29-43-62(44-30-54)74(59-37-23-51(24-38-59)49-11-3-2-4-12-49)64-47-33-57(34-48-64)67-18-10-19-69-68-16-7-8-20-70(68)75-71(67)69/h2-48,72H,1H3. The van der Waals surface area contributed by atoms with Crippen LogP contribution < -0.4 is 15.1 Å². The van der Waals surface area contributed by atoms with Crippen LogP contribution in [0.4, 0.5) is 39.8 Å². The summed E-state index contributed by atoms with van der Waals surface area (Å²) >= 11 is 0. The Morgan fingerprint density at radius 2 is 0.613 bits per heavy atom. The van der Waals surface area contributed by atoms with E-state index in [9.17, 15) is 0 Å². The van der Waals surface area contributed by atoms with E-state index in [4.69, 9.17) is 4.42 Å². The average Bonchev–Trinajstić information content (AvgIpc) is 3.88. The van der Waals surface area contributed by atoms with Crippen LogP contribution in [0.2, 0.25) is 0 Å². The van der Waals surface area contributed by atoms with Crippen LogP contribution in [-0.4, -0.2) is 7.05 Å². The number of para-hydroxylation sites is 2. The lowest BCUT2D eigenvalue weighted by atomic mass is 9.98. The number of hydrogen-bond acceptors (Lipinski definition) is 4. The number of fused-ring (bicyclic) bond motifs is 4. The minimum Gasteiger partial charge on any atom is -0.455 e. The van der Waals surface area contributed by atoms with Crippen LogP contribution >= 0.6 is 0 Å². The van der Waals surface area contributed by atoms with Crippen molar-refractivity contribution < 1.29 is 4.42 Å². The van der Waals surface area contributed by atoms with E-state index in [0.29, 0.717) is 0 Å². The van der Waals surface area contributed by atoms with Gasteiger partial charge in [0.1, 0.15) is 11.2 Å². The first-order chi connectivity index (χ1) is 37.1. The van der Waals surface area contributed by atoms with Crippen molar-refractivity contribution in [2.24, 2.45) is 0 Å². The van der Waals surface area contributed by atoms with Crippen molar-refractivity contribution in [2.45, 2.75) is 0 Å². The van der Waals surface area contributed by atoms with Gasteiger partial charge in [0.2, 0.25) is 0 Å². The molecule has 0 bridgehead atoms.